The molecule has 0 saturated heterocycles. The third-order valence-electron chi connectivity index (χ3n) is 2.67. The second kappa shape index (κ2) is 4.22. The van der Waals surface area contributed by atoms with Crippen molar-refractivity contribution in [3.63, 3.8) is 0 Å². The fraction of sp³-hybridized carbons (Fsp3) is 0.0909. The monoisotopic (exact) mass is 272 g/mol. The largest absolute Gasteiger partial charge is 0.326 e. The Labute approximate surface area is 111 Å². The van der Waals surface area contributed by atoms with E-state index in [2.05, 4.69) is 20.3 Å². The number of nitriles is 1. The van der Waals surface area contributed by atoms with Crippen LogP contribution in [0.5, 0.6) is 0 Å². The van der Waals surface area contributed by atoms with E-state index in [1.54, 1.807) is 19.3 Å². The second-order valence-electron chi connectivity index (χ2n) is 3.81. The molecule has 0 saturated carbocycles. The van der Waals surface area contributed by atoms with Crippen molar-refractivity contribution in [2.75, 3.05) is 5.32 Å². The number of nitrogens with one attached hydrogen (secondary N) is 2. The van der Waals surface area contributed by atoms with Gasteiger partial charge in [-0.05, 0) is 6.07 Å². The van der Waals surface area contributed by atoms with E-state index < -0.39 is 0 Å². The number of fused-ring (bicyclic) bond motifs is 1. The van der Waals surface area contributed by atoms with Gasteiger partial charge >= 0.3 is 5.69 Å². The van der Waals surface area contributed by atoms with Crippen LogP contribution >= 0.6 is 11.3 Å². The summed E-state index contributed by atoms with van der Waals surface area (Å²) in [6, 6.07) is 3.77. The number of aromatic nitrogens is 4. The molecule has 0 unspecified atom stereocenters. The molecule has 3 heterocycles. The molecule has 94 valence electrons. The summed E-state index contributed by atoms with van der Waals surface area (Å²) in [6.07, 6.45) is 3.09. The maximum absolute atomic E-state index is 11.6. The molecule has 0 spiro atoms. The number of rotatable bonds is 2. The van der Waals surface area contributed by atoms with Gasteiger partial charge in [-0.1, -0.05) is 11.3 Å². The zero-order valence-corrected chi connectivity index (χ0v) is 10.7. The highest BCUT2D eigenvalue weighted by molar-refractivity contribution is 7.16. The van der Waals surface area contributed by atoms with Crippen LogP contribution in [-0.4, -0.2) is 19.5 Å². The zero-order valence-electron chi connectivity index (χ0n) is 9.84. The van der Waals surface area contributed by atoms with Gasteiger partial charge in [0.1, 0.15) is 16.5 Å². The summed E-state index contributed by atoms with van der Waals surface area (Å²) in [5.41, 5.74) is 1.16. The molecule has 0 aliphatic carbocycles. The average molecular weight is 272 g/mol. The van der Waals surface area contributed by atoms with Gasteiger partial charge in [0, 0.05) is 13.2 Å². The molecular weight excluding hydrogens is 264 g/mol. The van der Waals surface area contributed by atoms with E-state index in [4.69, 9.17) is 5.26 Å². The van der Waals surface area contributed by atoms with Crippen LogP contribution in [0.3, 0.4) is 0 Å². The number of pyridine rings is 1. The van der Waals surface area contributed by atoms with Crippen molar-refractivity contribution in [1.82, 2.24) is 19.5 Å². The van der Waals surface area contributed by atoms with Crippen LogP contribution in [0.15, 0.2) is 23.3 Å². The van der Waals surface area contributed by atoms with Crippen molar-refractivity contribution in [3.05, 3.63) is 33.8 Å². The van der Waals surface area contributed by atoms with Gasteiger partial charge in [-0.15, -0.1) is 0 Å². The molecule has 0 aromatic carbocycles. The van der Waals surface area contributed by atoms with E-state index in [1.807, 2.05) is 6.07 Å². The number of nitrogens with zero attached hydrogens (tertiary/aromatic N) is 4. The van der Waals surface area contributed by atoms with Gasteiger partial charge in [0.05, 0.1) is 11.7 Å². The highest BCUT2D eigenvalue weighted by atomic mass is 32.1. The number of anilines is 2. The highest BCUT2D eigenvalue weighted by Crippen LogP contribution is 2.24. The molecule has 0 bridgehead atoms. The lowest BCUT2D eigenvalue weighted by Gasteiger charge is -2.02. The normalized spacial score (nSPS) is 10.5. The first-order valence-corrected chi connectivity index (χ1v) is 6.17. The van der Waals surface area contributed by atoms with Gasteiger partial charge in [0.2, 0.25) is 0 Å². The van der Waals surface area contributed by atoms with Gasteiger partial charge in [-0.2, -0.15) is 5.26 Å². The molecule has 0 fully saturated rings. The molecule has 3 aromatic rings. The van der Waals surface area contributed by atoms with Crippen LogP contribution in [0.2, 0.25) is 0 Å². The van der Waals surface area contributed by atoms with Crippen LogP contribution in [0.1, 0.15) is 4.88 Å². The molecule has 0 atom stereocenters. The quantitative estimate of drug-likeness (QED) is 0.733. The van der Waals surface area contributed by atoms with Crippen molar-refractivity contribution in [3.8, 4) is 6.07 Å². The predicted octanol–water partition coefficient (Wildman–Crippen LogP) is 1.33. The molecule has 19 heavy (non-hydrogen) atoms. The van der Waals surface area contributed by atoms with Crippen molar-refractivity contribution in [1.29, 1.82) is 5.26 Å². The fourth-order valence-electron chi connectivity index (χ4n) is 1.73. The molecule has 3 rings (SSSR count). The molecule has 0 aliphatic rings. The second-order valence-corrected chi connectivity index (χ2v) is 4.84. The molecule has 7 nitrogen and oxygen atoms in total. The van der Waals surface area contributed by atoms with Gasteiger partial charge in [0.15, 0.2) is 10.9 Å². The lowest BCUT2D eigenvalue weighted by atomic mass is 10.4. The highest BCUT2D eigenvalue weighted by Gasteiger charge is 2.10. The maximum atomic E-state index is 11.6. The Morgan fingerprint density at radius 3 is 3.11 bits per heavy atom. The molecule has 0 radical (unpaired) electrons. The van der Waals surface area contributed by atoms with E-state index in [9.17, 15) is 4.79 Å². The fourth-order valence-corrected chi connectivity index (χ4v) is 2.35. The van der Waals surface area contributed by atoms with E-state index >= 15 is 0 Å². The Morgan fingerprint density at radius 2 is 2.37 bits per heavy atom. The molecule has 2 N–H and O–H groups in total. The minimum atomic E-state index is -0.206. The van der Waals surface area contributed by atoms with Crippen LogP contribution < -0.4 is 11.0 Å². The smallest absolute Gasteiger partial charge is 0.314 e. The lowest BCUT2D eigenvalue weighted by Crippen LogP contribution is -2.11. The summed E-state index contributed by atoms with van der Waals surface area (Å²) in [7, 11) is 1.68. The average Bonchev–Trinajstić information content (AvgIpc) is 2.97. The number of H-pyrrole nitrogens is 1. The standard InChI is InChI=1S/C11H8N6OS/c1-17-7-2-3-13-9(8(7)15-11(17)18)16-10-14-5-6(4-12)19-10/h2-3,5H,1H3,(H,15,18)(H,13,14,16). The number of imidazole rings is 1. The Bertz CT molecular complexity index is 852. The topological polar surface area (TPSA) is 99.4 Å². The van der Waals surface area contributed by atoms with Gasteiger partial charge in [-0.25, -0.2) is 14.8 Å². The summed E-state index contributed by atoms with van der Waals surface area (Å²) in [5.74, 6) is 0.508. The number of hydrogen-bond donors (Lipinski definition) is 2. The van der Waals surface area contributed by atoms with Crippen molar-refractivity contribution < 1.29 is 0 Å². The SMILES string of the molecule is Cn1c(=O)[nH]c2c(Nc3ncc(C#N)s3)nccc21. The molecule has 0 aliphatic heterocycles. The first-order valence-electron chi connectivity index (χ1n) is 5.35. The summed E-state index contributed by atoms with van der Waals surface area (Å²) in [4.78, 5) is 23.1. The third-order valence-corrected chi connectivity index (χ3v) is 3.49. The number of aryl methyl sites for hydroxylation is 1. The van der Waals surface area contributed by atoms with Crippen LogP contribution in [-0.2, 0) is 7.05 Å². The minimum absolute atomic E-state index is 0.206. The van der Waals surface area contributed by atoms with E-state index in [0.717, 1.165) is 5.52 Å². The summed E-state index contributed by atoms with van der Waals surface area (Å²) < 4.78 is 1.50. The number of aromatic amines is 1. The van der Waals surface area contributed by atoms with Gasteiger partial charge in [0.25, 0.3) is 0 Å². The molecule has 0 amide bonds. The Morgan fingerprint density at radius 1 is 1.53 bits per heavy atom. The number of hydrogen-bond acceptors (Lipinski definition) is 6. The van der Waals surface area contributed by atoms with Crippen molar-refractivity contribution >= 4 is 33.3 Å². The van der Waals surface area contributed by atoms with Crippen LogP contribution in [0.25, 0.3) is 11.0 Å². The first kappa shape index (κ1) is 11.4. The van der Waals surface area contributed by atoms with E-state index in [0.29, 0.717) is 21.3 Å². The van der Waals surface area contributed by atoms with Crippen molar-refractivity contribution in [2.24, 2.45) is 7.05 Å². The molecule has 8 heteroatoms. The third kappa shape index (κ3) is 1.86. The predicted molar refractivity (Wildman–Crippen MR) is 71.4 cm³/mol. The summed E-state index contributed by atoms with van der Waals surface area (Å²) in [6.45, 7) is 0. The van der Waals surface area contributed by atoms with Crippen LogP contribution in [0.4, 0.5) is 10.9 Å². The molecular formula is C11H8N6OS. The van der Waals surface area contributed by atoms with Crippen molar-refractivity contribution in [2.45, 2.75) is 0 Å². The van der Waals surface area contributed by atoms with E-state index in [1.165, 1.54) is 22.1 Å². The summed E-state index contributed by atoms with van der Waals surface area (Å²) in [5, 5.41) is 12.3. The Hall–Kier alpha value is -2.66. The minimum Gasteiger partial charge on any atom is -0.314 e. The maximum Gasteiger partial charge on any atom is 0.326 e. The lowest BCUT2D eigenvalue weighted by molar-refractivity contribution is 0.891. The van der Waals surface area contributed by atoms with E-state index in [-0.39, 0.29) is 5.69 Å². The van der Waals surface area contributed by atoms with Crippen LogP contribution in [0, 0.1) is 11.3 Å². The van der Waals surface area contributed by atoms with Gasteiger partial charge < -0.3 is 10.3 Å². The Kier molecular flexibility index (Phi) is 2.54. The zero-order chi connectivity index (χ0) is 13.4. The summed E-state index contributed by atoms with van der Waals surface area (Å²) >= 11 is 1.23. The number of thiazole rings is 1. The Balaban J connectivity index is 2.08. The first-order chi connectivity index (χ1) is 9.19. The van der Waals surface area contributed by atoms with Gasteiger partial charge in [-0.3, -0.25) is 4.57 Å². The molecule has 3 aromatic heterocycles.